The largest absolute Gasteiger partial charge is 0.419 e. The summed E-state index contributed by atoms with van der Waals surface area (Å²) in [6.07, 6.45) is 0.470. The number of urea groups is 1. The fourth-order valence-electron chi connectivity index (χ4n) is 4.78. The van der Waals surface area contributed by atoms with Crippen molar-refractivity contribution < 1.29 is 18.0 Å². The summed E-state index contributed by atoms with van der Waals surface area (Å²) in [6.45, 7) is 7.15. The summed E-state index contributed by atoms with van der Waals surface area (Å²) in [5.74, 6) is 0.234. The molecule has 190 valence electrons. The van der Waals surface area contributed by atoms with E-state index in [9.17, 15) is 18.0 Å². The van der Waals surface area contributed by atoms with Gasteiger partial charge >= 0.3 is 12.2 Å². The third-order valence-corrected chi connectivity index (χ3v) is 6.89. The van der Waals surface area contributed by atoms with E-state index in [0.29, 0.717) is 18.2 Å². The van der Waals surface area contributed by atoms with Gasteiger partial charge in [0, 0.05) is 75.0 Å². The van der Waals surface area contributed by atoms with Crippen LogP contribution in [0.5, 0.6) is 0 Å². The first-order valence-corrected chi connectivity index (χ1v) is 12.0. The predicted molar refractivity (Wildman–Crippen MR) is 126 cm³/mol. The molecule has 0 aliphatic carbocycles. The van der Waals surface area contributed by atoms with E-state index in [4.69, 9.17) is 11.6 Å². The molecule has 4 heterocycles. The van der Waals surface area contributed by atoms with Gasteiger partial charge in [-0.1, -0.05) is 17.7 Å². The second kappa shape index (κ2) is 10.5. The number of piperazine rings is 1. The zero-order valence-corrected chi connectivity index (χ0v) is 20.4. The fraction of sp³-hybridized carbons (Fsp3) is 0.565. The second-order valence-corrected chi connectivity index (χ2v) is 9.59. The fourth-order valence-corrected chi connectivity index (χ4v) is 4.96. The lowest BCUT2D eigenvalue weighted by molar-refractivity contribution is -0.138. The van der Waals surface area contributed by atoms with Crippen LogP contribution in [0.25, 0.3) is 0 Å². The van der Waals surface area contributed by atoms with E-state index in [0.717, 1.165) is 50.4 Å². The number of aromatic nitrogens is 3. The van der Waals surface area contributed by atoms with Crippen molar-refractivity contribution in [1.29, 1.82) is 0 Å². The Labute approximate surface area is 207 Å². The number of carbonyl (C=O) groups is 1. The second-order valence-electron chi connectivity index (χ2n) is 9.23. The molecule has 0 bridgehead atoms. The number of nitrogens with zero attached hydrogens (tertiary/aromatic N) is 6. The van der Waals surface area contributed by atoms with Gasteiger partial charge in [-0.05, 0) is 32.8 Å². The summed E-state index contributed by atoms with van der Waals surface area (Å²) < 4.78 is 38.4. The van der Waals surface area contributed by atoms with Crippen LogP contribution in [0.4, 0.5) is 23.9 Å². The Morgan fingerprint density at radius 1 is 1.11 bits per heavy atom. The molecular weight excluding hydrogens is 483 g/mol. The molecule has 1 N–H and O–H groups in total. The number of alkyl halides is 3. The minimum atomic E-state index is -4.47. The number of hydrogen-bond donors (Lipinski definition) is 1. The van der Waals surface area contributed by atoms with Crippen molar-refractivity contribution in [2.45, 2.75) is 57.5 Å². The normalized spacial score (nSPS) is 22.3. The highest BCUT2D eigenvalue weighted by atomic mass is 35.5. The average molecular weight is 512 g/mol. The quantitative estimate of drug-likeness (QED) is 0.629. The Kier molecular flexibility index (Phi) is 7.65. The molecule has 0 unspecified atom stereocenters. The molecule has 2 aromatic heterocycles. The smallest absolute Gasteiger partial charge is 0.337 e. The van der Waals surface area contributed by atoms with Crippen molar-refractivity contribution >= 4 is 23.6 Å². The standard InChI is InChI=1S/C23H29ClF3N7O/c1-15-12-33(21-29-10-18(11-30-21)23(25,26)27)13-16(2)34(15)22(35)31-19-5-8-32(9-6-19)14-17-4-3-7-28-20(17)24/h3-4,7,10-11,15-16,19H,5-6,8-9,12-14H2,1-2H3,(H,31,35)/t15-,16+. The van der Waals surface area contributed by atoms with Gasteiger partial charge < -0.3 is 15.1 Å². The molecule has 12 heteroatoms. The van der Waals surface area contributed by atoms with Gasteiger partial charge in [0.15, 0.2) is 0 Å². The van der Waals surface area contributed by atoms with Crippen molar-refractivity contribution in [2.24, 2.45) is 0 Å². The maximum Gasteiger partial charge on any atom is 0.419 e. The molecule has 2 aliphatic heterocycles. The van der Waals surface area contributed by atoms with Crippen molar-refractivity contribution in [3.05, 3.63) is 47.0 Å². The third-order valence-electron chi connectivity index (χ3n) is 6.55. The first kappa shape index (κ1) is 25.4. The highest BCUT2D eigenvalue weighted by Gasteiger charge is 2.36. The summed E-state index contributed by atoms with van der Waals surface area (Å²) in [5.41, 5.74) is 0.115. The molecular formula is C23H29ClF3N7O. The van der Waals surface area contributed by atoms with E-state index in [1.54, 1.807) is 6.20 Å². The van der Waals surface area contributed by atoms with Gasteiger partial charge in [-0.2, -0.15) is 13.2 Å². The van der Waals surface area contributed by atoms with Crippen LogP contribution in [0.2, 0.25) is 5.15 Å². The lowest BCUT2D eigenvalue weighted by Crippen LogP contribution is -2.62. The topological polar surface area (TPSA) is 77.5 Å². The number of rotatable bonds is 4. The summed E-state index contributed by atoms with van der Waals surface area (Å²) in [7, 11) is 0. The van der Waals surface area contributed by atoms with E-state index in [-0.39, 0.29) is 30.1 Å². The Bertz CT molecular complexity index is 1000. The number of amides is 2. The summed E-state index contributed by atoms with van der Waals surface area (Å²) in [5, 5.41) is 3.69. The van der Waals surface area contributed by atoms with E-state index in [1.807, 2.05) is 35.8 Å². The van der Waals surface area contributed by atoms with Crippen molar-refractivity contribution in [3.8, 4) is 0 Å². The summed E-state index contributed by atoms with van der Waals surface area (Å²) in [4.78, 5) is 31.0. The molecule has 0 spiro atoms. The van der Waals surface area contributed by atoms with Crippen LogP contribution in [0.15, 0.2) is 30.7 Å². The number of carbonyl (C=O) groups excluding carboxylic acids is 1. The molecule has 2 amide bonds. The zero-order chi connectivity index (χ0) is 25.2. The monoisotopic (exact) mass is 511 g/mol. The van der Waals surface area contributed by atoms with Gasteiger partial charge in [-0.25, -0.2) is 19.7 Å². The SMILES string of the molecule is C[C@@H]1CN(c2ncc(C(F)(F)F)cn2)C[C@H](C)N1C(=O)NC1CCN(Cc2cccnc2Cl)CC1. The third kappa shape index (κ3) is 6.13. The van der Waals surface area contributed by atoms with Crippen LogP contribution in [-0.4, -0.2) is 75.1 Å². The molecule has 0 saturated carbocycles. The van der Waals surface area contributed by atoms with E-state index < -0.39 is 11.7 Å². The van der Waals surface area contributed by atoms with Crippen LogP contribution in [0.3, 0.4) is 0 Å². The molecule has 8 nitrogen and oxygen atoms in total. The number of anilines is 1. The Morgan fingerprint density at radius 2 is 1.74 bits per heavy atom. The summed E-state index contributed by atoms with van der Waals surface area (Å²) in [6, 6.07) is 3.50. The van der Waals surface area contributed by atoms with Crippen molar-refractivity contribution in [2.75, 3.05) is 31.1 Å². The number of pyridine rings is 1. The number of hydrogen-bond acceptors (Lipinski definition) is 6. The van der Waals surface area contributed by atoms with Gasteiger partial charge in [-0.3, -0.25) is 4.90 Å². The van der Waals surface area contributed by atoms with Crippen LogP contribution in [0, 0.1) is 0 Å². The molecule has 2 atom stereocenters. The first-order chi connectivity index (χ1) is 16.6. The number of likely N-dealkylation sites (tertiary alicyclic amines) is 1. The van der Waals surface area contributed by atoms with Gasteiger partial charge in [0.05, 0.1) is 5.56 Å². The molecule has 0 aromatic carbocycles. The maximum atomic E-state index is 13.1. The zero-order valence-electron chi connectivity index (χ0n) is 19.7. The minimum Gasteiger partial charge on any atom is -0.337 e. The number of piperidine rings is 1. The highest BCUT2D eigenvalue weighted by Crippen LogP contribution is 2.29. The minimum absolute atomic E-state index is 0.0822. The average Bonchev–Trinajstić information content (AvgIpc) is 2.81. The van der Waals surface area contributed by atoms with Gasteiger partial charge in [0.1, 0.15) is 5.15 Å². The first-order valence-electron chi connectivity index (χ1n) is 11.7. The maximum absolute atomic E-state index is 13.1. The molecule has 2 saturated heterocycles. The van der Waals surface area contributed by atoms with Gasteiger partial charge in [-0.15, -0.1) is 0 Å². The lowest BCUT2D eigenvalue weighted by Gasteiger charge is -2.45. The van der Waals surface area contributed by atoms with Crippen molar-refractivity contribution in [1.82, 2.24) is 30.1 Å². The molecule has 4 rings (SSSR count). The van der Waals surface area contributed by atoms with Gasteiger partial charge in [0.2, 0.25) is 5.95 Å². The Hall–Kier alpha value is -2.66. The van der Waals surface area contributed by atoms with E-state index in [1.165, 1.54) is 0 Å². The van der Waals surface area contributed by atoms with Crippen LogP contribution >= 0.6 is 11.6 Å². The number of halogens is 4. The molecule has 2 fully saturated rings. The van der Waals surface area contributed by atoms with Crippen LogP contribution in [-0.2, 0) is 12.7 Å². The van der Waals surface area contributed by atoms with Gasteiger partial charge in [0.25, 0.3) is 0 Å². The van der Waals surface area contributed by atoms with E-state index >= 15 is 0 Å². The highest BCUT2D eigenvalue weighted by molar-refractivity contribution is 6.30. The molecule has 0 radical (unpaired) electrons. The molecule has 35 heavy (non-hydrogen) atoms. The van der Waals surface area contributed by atoms with Crippen molar-refractivity contribution in [3.63, 3.8) is 0 Å². The Morgan fingerprint density at radius 3 is 2.31 bits per heavy atom. The van der Waals surface area contributed by atoms with Crippen LogP contribution in [0.1, 0.15) is 37.8 Å². The Balaban J connectivity index is 1.28. The predicted octanol–water partition coefficient (Wildman–Crippen LogP) is 3.82. The molecule has 2 aromatic rings. The lowest BCUT2D eigenvalue weighted by atomic mass is 10.0. The van der Waals surface area contributed by atoms with Crippen LogP contribution < -0.4 is 10.2 Å². The summed E-state index contributed by atoms with van der Waals surface area (Å²) >= 11 is 6.17. The van der Waals surface area contributed by atoms with E-state index in [2.05, 4.69) is 25.2 Å². The molecule has 2 aliphatic rings. The number of nitrogens with one attached hydrogen (secondary N) is 1.